The van der Waals surface area contributed by atoms with Gasteiger partial charge >= 0.3 is 11.6 Å². The highest BCUT2D eigenvalue weighted by atomic mass is 35.5. The lowest BCUT2D eigenvalue weighted by Crippen LogP contribution is -2.28. The van der Waals surface area contributed by atoms with Gasteiger partial charge < -0.3 is 19.6 Å². The fraction of sp³-hybridized carbons (Fsp3) is 0.150. The zero-order valence-corrected chi connectivity index (χ0v) is 15.8. The number of hydrogen-bond donors (Lipinski definition) is 1. The van der Waals surface area contributed by atoms with Gasteiger partial charge in [0.25, 0.3) is 5.91 Å². The highest BCUT2D eigenvalue weighted by Gasteiger charge is 2.19. The van der Waals surface area contributed by atoms with E-state index in [-0.39, 0.29) is 16.9 Å². The maximum absolute atomic E-state index is 12.3. The predicted molar refractivity (Wildman–Crippen MR) is 103 cm³/mol. The van der Waals surface area contributed by atoms with Gasteiger partial charge in [0.05, 0.1) is 0 Å². The summed E-state index contributed by atoms with van der Waals surface area (Å²) in [6, 6.07) is 10.8. The third-order valence-corrected chi connectivity index (χ3v) is 4.20. The van der Waals surface area contributed by atoms with Crippen LogP contribution in [0, 0.1) is 6.92 Å². The number of nitrogens with two attached hydrogens (primary N) is 1. The highest BCUT2D eigenvalue weighted by Crippen LogP contribution is 2.24. The molecule has 8 heteroatoms. The number of ether oxygens (including phenoxy) is 2. The number of carbonyl (C=O) groups is 2. The van der Waals surface area contributed by atoms with Gasteiger partial charge in [-0.05, 0) is 55.8 Å². The molecule has 28 heavy (non-hydrogen) atoms. The maximum atomic E-state index is 12.3. The number of aryl methyl sites for hydroxylation is 1. The molecule has 0 saturated carbocycles. The molecule has 3 aromatic rings. The number of hydrogen-bond acceptors (Lipinski definition) is 6. The van der Waals surface area contributed by atoms with E-state index < -0.39 is 23.6 Å². The van der Waals surface area contributed by atoms with Crippen LogP contribution >= 0.6 is 11.6 Å². The molecular weight excluding hydrogens is 386 g/mol. The Labute approximate surface area is 164 Å². The summed E-state index contributed by atoms with van der Waals surface area (Å²) in [6.07, 6.45) is -0.889. The number of halogens is 1. The first kappa shape index (κ1) is 19.4. The lowest BCUT2D eigenvalue weighted by molar-refractivity contribution is -0.141. The van der Waals surface area contributed by atoms with Crippen molar-refractivity contribution in [1.82, 2.24) is 0 Å². The number of primary amides is 1. The standard InChI is InChI=1S/C20H16ClNO6/c1-10-7-13(21)4-6-16(10)26-11(2)19(24)27-14-5-3-12-8-15(18(22)23)20(25)28-17(12)9-14/h3-9,11H,1-2H3,(H2,22,23). The Morgan fingerprint density at radius 1 is 1.14 bits per heavy atom. The van der Waals surface area contributed by atoms with Crippen molar-refractivity contribution in [2.75, 3.05) is 0 Å². The molecule has 0 saturated heterocycles. The summed E-state index contributed by atoms with van der Waals surface area (Å²) in [4.78, 5) is 35.3. The van der Waals surface area contributed by atoms with Crippen molar-refractivity contribution in [3.05, 3.63) is 69.0 Å². The number of amides is 1. The summed E-state index contributed by atoms with van der Waals surface area (Å²) in [6.45, 7) is 3.36. The monoisotopic (exact) mass is 401 g/mol. The van der Waals surface area contributed by atoms with Crippen LogP contribution in [0.5, 0.6) is 11.5 Å². The maximum Gasteiger partial charge on any atom is 0.352 e. The van der Waals surface area contributed by atoms with Crippen molar-refractivity contribution in [3.63, 3.8) is 0 Å². The van der Waals surface area contributed by atoms with E-state index in [0.717, 1.165) is 5.56 Å². The predicted octanol–water partition coefficient (Wildman–Crippen LogP) is 3.23. The number of rotatable bonds is 5. The summed E-state index contributed by atoms with van der Waals surface area (Å²) in [5.74, 6) is -0.840. The van der Waals surface area contributed by atoms with Crippen LogP contribution in [0.1, 0.15) is 22.8 Å². The van der Waals surface area contributed by atoms with Crippen molar-refractivity contribution < 1.29 is 23.5 Å². The van der Waals surface area contributed by atoms with Gasteiger partial charge in [0.2, 0.25) is 0 Å². The second kappa shape index (κ2) is 7.74. The van der Waals surface area contributed by atoms with E-state index in [9.17, 15) is 14.4 Å². The van der Waals surface area contributed by atoms with E-state index in [0.29, 0.717) is 16.2 Å². The molecule has 1 atom stereocenters. The Morgan fingerprint density at radius 2 is 1.89 bits per heavy atom. The van der Waals surface area contributed by atoms with E-state index >= 15 is 0 Å². The first-order valence-electron chi connectivity index (χ1n) is 8.27. The Hall–Kier alpha value is -3.32. The van der Waals surface area contributed by atoms with Crippen LogP contribution in [-0.4, -0.2) is 18.0 Å². The normalized spacial score (nSPS) is 11.8. The van der Waals surface area contributed by atoms with Gasteiger partial charge in [-0.15, -0.1) is 0 Å². The average molecular weight is 402 g/mol. The van der Waals surface area contributed by atoms with Gasteiger partial charge in [-0.2, -0.15) is 0 Å². The lowest BCUT2D eigenvalue weighted by Gasteiger charge is -2.15. The molecule has 144 valence electrons. The Bertz CT molecular complexity index is 1140. The molecule has 1 heterocycles. The fourth-order valence-electron chi connectivity index (χ4n) is 2.51. The smallest absolute Gasteiger partial charge is 0.352 e. The second-order valence-corrected chi connectivity index (χ2v) is 6.54. The molecule has 1 amide bonds. The van der Waals surface area contributed by atoms with Gasteiger partial charge in [-0.3, -0.25) is 4.79 Å². The molecule has 0 fully saturated rings. The Balaban J connectivity index is 1.77. The highest BCUT2D eigenvalue weighted by molar-refractivity contribution is 6.30. The van der Waals surface area contributed by atoms with Gasteiger partial charge in [-0.1, -0.05) is 11.6 Å². The minimum Gasteiger partial charge on any atom is -0.479 e. The van der Waals surface area contributed by atoms with Gasteiger partial charge in [0.1, 0.15) is 22.6 Å². The van der Waals surface area contributed by atoms with Crippen LogP contribution in [0.2, 0.25) is 5.02 Å². The molecule has 3 rings (SSSR count). The Kier molecular flexibility index (Phi) is 5.37. The van der Waals surface area contributed by atoms with Crippen LogP contribution in [0.25, 0.3) is 11.0 Å². The number of fused-ring (bicyclic) bond motifs is 1. The van der Waals surface area contributed by atoms with E-state index in [1.54, 1.807) is 31.2 Å². The summed E-state index contributed by atoms with van der Waals surface area (Å²) in [7, 11) is 0. The largest absolute Gasteiger partial charge is 0.479 e. The number of benzene rings is 2. The molecule has 0 aliphatic rings. The van der Waals surface area contributed by atoms with Gasteiger partial charge in [0.15, 0.2) is 6.10 Å². The summed E-state index contributed by atoms with van der Waals surface area (Å²) < 4.78 is 16.0. The molecule has 0 radical (unpaired) electrons. The number of carbonyl (C=O) groups excluding carboxylic acids is 2. The minimum absolute atomic E-state index is 0.155. The molecular formula is C20H16ClNO6. The SMILES string of the molecule is Cc1cc(Cl)ccc1OC(C)C(=O)Oc1ccc2cc(C(N)=O)c(=O)oc2c1. The fourth-order valence-corrected chi connectivity index (χ4v) is 2.74. The van der Waals surface area contributed by atoms with Gasteiger partial charge in [-0.25, -0.2) is 9.59 Å². The molecule has 2 aromatic carbocycles. The third kappa shape index (κ3) is 4.15. The third-order valence-electron chi connectivity index (χ3n) is 3.96. The molecule has 0 bridgehead atoms. The molecule has 1 aromatic heterocycles. The van der Waals surface area contributed by atoms with E-state index in [1.807, 2.05) is 6.92 Å². The van der Waals surface area contributed by atoms with E-state index in [1.165, 1.54) is 18.2 Å². The molecule has 2 N–H and O–H groups in total. The first-order chi connectivity index (χ1) is 13.2. The van der Waals surface area contributed by atoms with Crippen molar-refractivity contribution in [1.29, 1.82) is 0 Å². The lowest BCUT2D eigenvalue weighted by atomic mass is 10.2. The van der Waals surface area contributed by atoms with Crippen LogP contribution < -0.4 is 20.8 Å². The van der Waals surface area contributed by atoms with E-state index in [4.69, 9.17) is 31.2 Å². The zero-order valence-electron chi connectivity index (χ0n) is 15.0. The number of esters is 1. The van der Waals surface area contributed by atoms with Crippen LogP contribution in [0.4, 0.5) is 0 Å². The first-order valence-corrected chi connectivity index (χ1v) is 8.64. The quantitative estimate of drug-likeness (QED) is 0.399. The van der Waals surface area contributed by atoms with Gasteiger partial charge in [0, 0.05) is 16.5 Å². The van der Waals surface area contributed by atoms with Crippen LogP contribution in [-0.2, 0) is 4.79 Å². The second-order valence-electron chi connectivity index (χ2n) is 6.10. The zero-order chi connectivity index (χ0) is 20.4. The minimum atomic E-state index is -0.889. The van der Waals surface area contributed by atoms with Crippen molar-refractivity contribution in [2.24, 2.45) is 5.73 Å². The average Bonchev–Trinajstić information content (AvgIpc) is 2.63. The van der Waals surface area contributed by atoms with Crippen LogP contribution in [0.3, 0.4) is 0 Å². The summed E-state index contributed by atoms with van der Waals surface area (Å²) in [5, 5.41) is 1.03. The molecule has 7 nitrogen and oxygen atoms in total. The van der Waals surface area contributed by atoms with E-state index in [2.05, 4.69) is 0 Å². The van der Waals surface area contributed by atoms with Crippen molar-refractivity contribution in [2.45, 2.75) is 20.0 Å². The van der Waals surface area contributed by atoms with Crippen LogP contribution in [0.15, 0.2) is 51.7 Å². The Morgan fingerprint density at radius 3 is 2.57 bits per heavy atom. The molecule has 0 spiro atoms. The van der Waals surface area contributed by atoms with Crippen molar-refractivity contribution in [3.8, 4) is 11.5 Å². The molecule has 1 unspecified atom stereocenters. The topological polar surface area (TPSA) is 109 Å². The summed E-state index contributed by atoms with van der Waals surface area (Å²) >= 11 is 5.91. The summed E-state index contributed by atoms with van der Waals surface area (Å²) in [5.41, 5.74) is 4.95. The van der Waals surface area contributed by atoms with Crippen molar-refractivity contribution >= 4 is 34.4 Å². The molecule has 0 aliphatic heterocycles. The molecule has 0 aliphatic carbocycles.